The first-order valence-corrected chi connectivity index (χ1v) is 3.33. The van der Waals surface area contributed by atoms with Gasteiger partial charge in [-0.2, -0.15) is 0 Å². The summed E-state index contributed by atoms with van der Waals surface area (Å²) in [5.41, 5.74) is 5.46. The van der Waals surface area contributed by atoms with Gasteiger partial charge >= 0.3 is 0 Å². The standard InChI is InChI=1S/C6H11FN2O/c7-1-2-9-4-5(8)3-6(9)10/h5H,1-4,8H2. The molecule has 1 amide bonds. The van der Waals surface area contributed by atoms with Crippen LogP contribution in [0.3, 0.4) is 0 Å². The molecular weight excluding hydrogens is 135 g/mol. The fourth-order valence-corrected chi connectivity index (χ4v) is 1.12. The summed E-state index contributed by atoms with van der Waals surface area (Å²) in [7, 11) is 0. The summed E-state index contributed by atoms with van der Waals surface area (Å²) in [6, 6.07) is -0.0842. The summed E-state index contributed by atoms with van der Waals surface area (Å²) in [5, 5.41) is 0. The third-order valence-electron chi connectivity index (χ3n) is 1.60. The van der Waals surface area contributed by atoms with Crippen molar-refractivity contribution in [2.24, 2.45) is 5.73 Å². The van der Waals surface area contributed by atoms with E-state index in [-0.39, 0.29) is 18.5 Å². The monoisotopic (exact) mass is 146 g/mol. The highest BCUT2D eigenvalue weighted by molar-refractivity contribution is 5.79. The summed E-state index contributed by atoms with van der Waals surface area (Å²) in [4.78, 5) is 12.3. The molecule has 0 spiro atoms. The Kier molecular flexibility index (Phi) is 2.21. The van der Waals surface area contributed by atoms with Crippen LogP contribution >= 0.6 is 0 Å². The fraction of sp³-hybridized carbons (Fsp3) is 0.833. The molecule has 0 aromatic rings. The molecule has 0 aromatic carbocycles. The van der Waals surface area contributed by atoms with Crippen LogP contribution in [0, 0.1) is 0 Å². The smallest absolute Gasteiger partial charge is 0.224 e. The summed E-state index contributed by atoms with van der Waals surface area (Å²) in [6.07, 6.45) is 0.375. The maximum Gasteiger partial charge on any atom is 0.224 e. The van der Waals surface area contributed by atoms with Crippen LogP contribution in [-0.4, -0.2) is 36.6 Å². The first-order chi connectivity index (χ1) is 4.74. The Morgan fingerprint density at radius 2 is 2.50 bits per heavy atom. The van der Waals surface area contributed by atoms with Gasteiger partial charge in [0, 0.05) is 25.6 Å². The lowest BCUT2D eigenvalue weighted by Gasteiger charge is -2.12. The van der Waals surface area contributed by atoms with Crippen molar-refractivity contribution in [3.8, 4) is 0 Å². The number of nitrogens with zero attached hydrogens (tertiary/aromatic N) is 1. The van der Waals surface area contributed by atoms with Crippen molar-refractivity contribution in [2.45, 2.75) is 12.5 Å². The molecule has 1 fully saturated rings. The molecule has 2 N–H and O–H groups in total. The Labute approximate surface area is 59.0 Å². The lowest BCUT2D eigenvalue weighted by Crippen LogP contribution is -2.29. The number of alkyl halides is 1. The molecular formula is C6H11FN2O. The average Bonchev–Trinajstić information content (AvgIpc) is 2.13. The number of nitrogens with two attached hydrogens (primary N) is 1. The zero-order valence-electron chi connectivity index (χ0n) is 5.72. The molecule has 0 saturated carbocycles. The molecule has 58 valence electrons. The van der Waals surface area contributed by atoms with E-state index in [1.807, 2.05) is 0 Å². The van der Waals surface area contributed by atoms with E-state index in [9.17, 15) is 9.18 Å². The Bertz CT molecular complexity index is 140. The van der Waals surface area contributed by atoms with E-state index in [1.54, 1.807) is 0 Å². The second-order valence-electron chi connectivity index (χ2n) is 2.49. The third kappa shape index (κ3) is 1.44. The van der Waals surface area contributed by atoms with Crippen molar-refractivity contribution >= 4 is 5.91 Å². The quantitative estimate of drug-likeness (QED) is 0.571. The number of rotatable bonds is 2. The lowest BCUT2D eigenvalue weighted by atomic mass is 10.3. The maximum absolute atomic E-state index is 11.7. The van der Waals surface area contributed by atoms with Crippen molar-refractivity contribution in [3.63, 3.8) is 0 Å². The average molecular weight is 146 g/mol. The molecule has 1 atom stereocenters. The molecule has 0 aliphatic carbocycles. The maximum atomic E-state index is 11.7. The number of likely N-dealkylation sites (tertiary alicyclic amines) is 1. The SMILES string of the molecule is NC1CC(=O)N(CCF)C1. The van der Waals surface area contributed by atoms with Crippen LogP contribution in [0.1, 0.15) is 6.42 Å². The fourth-order valence-electron chi connectivity index (χ4n) is 1.12. The molecule has 0 aromatic heterocycles. The Balaban J connectivity index is 2.39. The Morgan fingerprint density at radius 3 is 2.90 bits per heavy atom. The van der Waals surface area contributed by atoms with Gasteiger partial charge in [-0.05, 0) is 0 Å². The molecule has 10 heavy (non-hydrogen) atoms. The second-order valence-corrected chi connectivity index (χ2v) is 2.49. The molecule has 0 bridgehead atoms. The van der Waals surface area contributed by atoms with Crippen LogP contribution in [0.5, 0.6) is 0 Å². The normalized spacial score (nSPS) is 26.0. The van der Waals surface area contributed by atoms with Gasteiger partial charge in [-0.1, -0.05) is 0 Å². The van der Waals surface area contributed by atoms with Gasteiger partial charge in [0.1, 0.15) is 6.67 Å². The van der Waals surface area contributed by atoms with Crippen LogP contribution in [-0.2, 0) is 4.79 Å². The minimum Gasteiger partial charge on any atom is -0.338 e. The van der Waals surface area contributed by atoms with E-state index in [0.29, 0.717) is 13.0 Å². The summed E-state index contributed by atoms with van der Waals surface area (Å²) < 4.78 is 11.7. The van der Waals surface area contributed by atoms with Gasteiger partial charge in [0.05, 0.1) is 0 Å². The molecule has 1 aliphatic heterocycles. The van der Waals surface area contributed by atoms with Gasteiger partial charge in [0.15, 0.2) is 0 Å². The van der Waals surface area contributed by atoms with E-state index >= 15 is 0 Å². The predicted octanol–water partition coefficient (Wildman–Crippen LogP) is -0.485. The second kappa shape index (κ2) is 2.96. The number of amides is 1. The Hall–Kier alpha value is -0.640. The van der Waals surface area contributed by atoms with Crippen molar-refractivity contribution in [2.75, 3.05) is 19.8 Å². The first kappa shape index (κ1) is 7.47. The summed E-state index contributed by atoms with van der Waals surface area (Å²) >= 11 is 0. The van der Waals surface area contributed by atoms with Crippen molar-refractivity contribution in [1.29, 1.82) is 0 Å². The largest absolute Gasteiger partial charge is 0.338 e. The van der Waals surface area contributed by atoms with Gasteiger partial charge in [-0.3, -0.25) is 4.79 Å². The number of carbonyl (C=O) groups is 1. The lowest BCUT2D eigenvalue weighted by molar-refractivity contribution is -0.127. The van der Waals surface area contributed by atoms with Gasteiger partial charge < -0.3 is 10.6 Å². The predicted molar refractivity (Wildman–Crippen MR) is 35.1 cm³/mol. The van der Waals surface area contributed by atoms with Gasteiger partial charge in [0.2, 0.25) is 5.91 Å². The molecule has 1 heterocycles. The number of carbonyl (C=O) groups excluding carboxylic acids is 1. The van der Waals surface area contributed by atoms with Gasteiger partial charge in [0.25, 0.3) is 0 Å². The third-order valence-corrected chi connectivity index (χ3v) is 1.60. The van der Waals surface area contributed by atoms with Crippen LogP contribution in [0.4, 0.5) is 4.39 Å². The molecule has 0 radical (unpaired) electrons. The molecule has 1 aliphatic rings. The minimum atomic E-state index is -0.474. The van der Waals surface area contributed by atoms with Crippen molar-refractivity contribution in [1.82, 2.24) is 4.90 Å². The summed E-state index contributed by atoms with van der Waals surface area (Å²) in [5.74, 6) is -0.0230. The molecule has 1 rings (SSSR count). The highest BCUT2D eigenvalue weighted by atomic mass is 19.1. The highest BCUT2D eigenvalue weighted by Crippen LogP contribution is 2.07. The van der Waals surface area contributed by atoms with Crippen LogP contribution in [0.25, 0.3) is 0 Å². The van der Waals surface area contributed by atoms with E-state index < -0.39 is 6.67 Å². The number of hydrogen-bond donors (Lipinski definition) is 1. The topological polar surface area (TPSA) is 46.3 Å². The van der Waals surface area contributed by atoms with Crippen molar-refractivity contribution < 1.29 is 9.18 Å². The molecule has 1 unspecified atom stereocenters. The number of halogens is 1. The van der Waals surface area contributed by atoms with E-state index in [0.717, 1.165) is 0 Å². The summed E-state index contributed by atoms with van der Waals surface area (Å²) in [6.45, 7) is 0.244. The van der Waals surface area contributed by atoms with Crippen LogP contribution < -0.4 is 5.73 Å². The first-order valence-electron chi connectivity index (χ1n) is 3.33. The number of hydrogen-bond acceptors (Lipinski definition) is 2. The zero-order chi connectivity index (χ0) is 7.56. The van der Waals surface area contributed by atoms with Gasteiger partial charge in [-0.25, -0.2) is 4.39 Å². The minimum absolute atomic E-state index is 0.0230. The highest BCUT2D eigenvalue weighted by Gasteiger charge is 2.25. The molecule has 4 heteroatoms. The van der Waals surface area contributed by atoms with E-state index in [2.05, 4.69) is 0 Å². The van der Waals surface area contributed by atoms with E-state index in [1.165, 1.54) is 4.90 Å². The molecule has 1 saturated heterocycles. The van der Waals surface area contributed by atoms with Crippen LogP contribution in [0.2, 0.25) is 0 Å². The zero-order valence-corrected chi connectivity index (χ0v) is 5.72. The molecule has 3 nitrogen and oxygen atoms in total. The Morgan fingerprint density at radius 1 is 1.80 bits per heavy atom. The van der Waals surface area contributed by atoms with Gasteiger partial charge in [-0.15, -0.1) is 0 Å². The van der Waals surface area contributed by atoms with E-state index in [4.69, 9.17) is 5.73 Å². The van der Waals surface area contributed by atoms with Crippen LogP contribution in [0.15, 0.2) is 0 Å². The van der Waals surface area contributed by atoms with Crippen molar-refractivity contribution in [3.05, 3.63) is 0 Å².